The van der Waals surface area contributed by atoms with Crippen molar-refractivity contribution in [1.82, 2.24) is 4.98 Å². The van der Waals surface area contributed by atoms with Crippen LogP contribution in [0.5, 0.6) is 5.75 Å². The molecular weight excluding hydrogens is 458 g/mol. The molecule has 0 saturated carbocycles. The second-order valence-corrected chi connectivity index (χ2v) is 8.57. The van der Waals surface area contributed by atoms with Gasteiger partial charge in [0, 0.05) is 11.1 Å². The van der Waals surface area contributed by atoms with E-state index < -0.39 is 5.97 Å². The zero-order valence-electron chi connectivity index (χ0n) is 20.1. The molecule has 1 heterocycles. The number of aliphatic carboxylic acids is 1. The van der Waals surface area contributed by atoms with Crippen molar-refractivity contribution in [1.29, 1.82) is 0 Å². The Labute approximate surface area is 218 Å². The van der Waals surface area contributed by atoms with Crippen LogP contribution in [0, 0.1) is 0 Å². The minimum absolute atomic E-state index is 0. The molecule has 0 amide bonds. The van der Waals surface area contributed by atoms with E-state index in [-0.39, 0.29) is 14.0 Å². The fourth-order valence-electron chi connectivity index (χ4n) is 4.72. The first-order valence-electron chi connectivity index (χ1n) is 12.1. The van der Waals surface area contributed by atoms with Crippen LogP contribution >= 0.6 is 0 Å². The molecule has 0 bridgehead atoms. The standard InChI is InChI=1S/C32H27NO3.CH4/c1-2-26-30(22-12-5-3-6-13-22)31(23-14-7-4-8-15-23)33-32(26)28-19-10-9-18-27(28)24-16-11-17-25(20-24)36-21-29(34)35;/h3-20,33H,2,21H2,1H3,(H,34,35);1H4. The van der Waals surface area contributed by atoms with Gasteiger partial charge in [-0.1, -0.05) is 111 Å². The summed E-state index contributed by atoms with van der Waals surface area (Å²) in [6.07, 6.45) is 0.860. The summed E-state index contributed by atoms with van der Waals surface area (Å²) >= 11 is 0. The van der Waals surface area contributed by atoms with E-state index in [1.165, 1.54) is 16.7 Å². The first-order valence-corrected chi connectivity index (χ1v) is 12.1. The molecule has 0 fully saturated rings. The SMILES string of the molecule is C.CCc1c(-c2ccccc2-c2cccc(OCC(=O)O)c2)[nH]c(-c2ccccc2)c1-c1ccccc1. The van der Waals surface area contributed by atoms with Gasteiger partial charge in [-0.3, -0.25) is 0 Å². The van der Waals surface area contributed by atoms with Gasteiger partial charge in [-0.2, -0.15) is 0 Å². The normalized spacial score (nSPS) is 10.5. The molecule has 5 rings (SSSR count). The predicted molar refractivity (Wildman–Crippen MR) is 152 cm³/mol. The third-order valence-electron chi connectivity index (χ3n) is 6.29. The largest absolute Gasteiger partial charge is 0.482 e. The van der Waals surface area contributed by atoms with Crippen molar-refractivity contribution in [2.75, 3.05) is 6.61 Å². The molecule has 4 aromatic carbocycles. The van der Waals surface area contributed by atoms with Crippen molar-refractivity contribution >= 4 is 5.97 Å². The molecule has 0 aliphatic rings. The third kappa shape index (κ3) is 5.34. The smallest absolute Gasteiger partial charge is 0.341 e. The van der Waals surface area contributed by atoms with E-state index in [9.17, 15) is 4.79 Å². The van der Waals surface area contributed by atoms with Crippen LogP contribution in [0.2, 0.25) is 0 Å². The zero-order valence-corrected chi connectivity index (χ0v) is 20.1. The summed E-state index contributed by atoms with van der Waals surface area (Å²) in [4.78, 5) is 14.8. The molecule has 1 aromatic heterocycles. The van der Waals surface area contributed by atoms with Gasteiger partial charge < -0.3 is 14.8 Å². The van der Waals surface area contributed by atoms with Gasteiger partial charge in [-0.15, -0.1) is 0 Å². The van der Waals surface area contributed by atoms with Crippen LogP contribution in [-0.4, -0.2) is 22.7 Å². The van der Waals surface area contributed by atoms with Crippen LogP contribution in [-0.2, 0) is 11.2 Å². The zero-order chi connectivity index (χ0) is 24.9. The molecule has 0 saturated heterocycles. The Morgan fingerprint density at radius 3 is 1.97 bits per heavy atom. The highest BCUT2D eigenvalue weighted by Crippen LogP contribution is 2.43. The van der Waals surface area contributed by atoms with Crippen LogP contribution in [0.4, 0.5) is 0 Å². The average Bonchev–Trinajstić information content (AvgIpc) is 3.32. The number of carboxylic acids is 1. The molecule has 5 aromatic rings. The Bertz CT molecular complexity index is 1490. The summed E-state index contributed by atoms with van der Waals surface area (Å²) < 4.78 is 5.45. The topological polar surface area (TPSA) is 62.3 Å². The van der Waals surface area contributed by atoms with Crippen LogP contribution in [0.3, 0.4) is 0 Å². The Kier molecular flexibility index (Phi) is 7.89. The monoisotopic (exact) mass is 489 g/mol. The number of carbonyl (C=O) groups is 1. The van der Waals surface area contributed by atoms with Crippen LogP contribution in [0.15, 0.2) is 109 Å². The third-order valence-corrected chi connectivity index (χ3v) is 6.29. The molecule has 0 aliphatic carbocycles. The van der Waals surface area contributed by atoms with Gasteiger partial charge in [0.25, 0.3) is 0 Å². The maximum Gasteiger partial charge on any atom is 0.341 e. The van der Waals surface area contributed by atoms with E-state index in [4.69, 9.17) is 9.84 Å². The predicted octanol–water partition coefficient (Wildman–Crippen LogP) is 8.34. The number of ether oxygens (including phenoxy) is 1. The number of aromatic nitrogens is 1. The Balaban J connectivity index is 0.00000320. The summed E-state index contributed by atoms with van der Waals surface area (Å²) in [5.74, 6) is -0.469. The molecule has 0 spiro atoms. The molecule has 0 aliphatic heterocycles. The van der Waals surface area contributed by atoms with E-state index in [2.05, 4.69) is 72.6 Å². The minimum atomic E-state index is -0.998. The summed E-state index contributed by atoms with van der Waals surface area (Å²) in [6.45, 7) is 1.82. The number of H-pyrrole nitrogens is 1. The minimum Gasteiger partial charge on any atom is -0.482 e. The Morgan fingerprint density at radius 1 is 0.730 bits per heavy atom. The number of hydrogen-bond acceptors (Lipinski definition) is 2. The Hall–Kier alpha value is -4.57. The maximum absolute atomic E-state index is 11.0. The highest BCUT2D eigenvalue weighted by molar-refractivity contribution is 5.93. The molecule has 0 unspecified atom stereocenters. The van der Waals surface area contributed by atoms with Gasteiger partial charge in [-0.25, -0.2) is 4.79 Å². The molecule has 4 nitrogen and oxygen atoms in total. The molecule has 0 radical (unpaired) electrons. The average molecular weight is 490 g/mol. The van der Waals surface area contributed by atoms with E-state index >= 15 is 0 Å². The van der Waals surface area contributed by atoms with Crippen molar-refractivity contribution in [3.8, 4) is 50.5 Å². The van der Waals surface area contributed by atoms with Crippen LogP contribution in [0.25, 0.3) is 44.8 Å². The first-order chi connectivity index (χ1) is 17.7. The lowest BCUT2D eigenvalue weighted by Gasteiger charge is -2.13. The van der Waals surface area contributed by atoms with Gasteiger partial charge in [0.1, 0.15) is 5.75 Å². The fourth-order valence-corrected chi connectivity index (χ4v) is 4.72. The van der Waals surface area contributed by atoms with E-state index in [1.807, 2.05) is 42.5 Å². The Morgan fingerprint density at radius 2 is 1.32 bits per heavy atom. The van der Waals surface area contributed by atoms with Crippen molar-refractivity contribution in [2.24, 2.45) is 0 Å². The lowest BCUT2D eigenvalue weighted by molar-refractivity contribution is -0.139. The van der Waals surface area contributed by atoms with Crippen molar-refractivity contribution < 1.29 is 14.6 Å². The van der Waals surface area contributed by atoms with Crippen LogP contribution in [0.1, 0.15) is 19.9 Å². The number of hydrogen-bond donors (Lipinski definition) is 2. The summed E-state index contributed by atoms with van der Waals surface area (Å²) in [7, 11) is 0. The molecule has 186 valence electrons. The van der Waals surface area contributed by atoms with Crippen molar-refractivity contribution in [3.05, 3.63) is 115 Å². The summed E-state index contributed by atoms with van der Waals surface area (Å²) in [5.41, 5.74) is 10.1. The lowest BCUT2D eigenvalue weighted by atomic mass is 9.91. The van der Waals surface area contributed by atoms with Crippen molar-refractivity contribution in [2.45, 2.75) is 20.8 Å². The summed E-state index contributed by atoms with van der Waals surface area (Å²) in [6, 6.07) is 36.8. The fraction of sp³-hybridized carbons (Fsp3) is 0.121. The van der Waals surface area contributed by atoms with Gasteiger partial charge in [0.05, 0.1) is 11.4 Å². The number of rotatable bonds is 8. The molecule has 0 atom stereocenters. The number of aromatic amines is 1. The molecule has 4 heteroatoms. The second kappa shape index (κ2) is 11.4. The quantitative estimate of drug-likeness (QED) is 0.230. The summed E-state index contributed by atoms with van der Waals surface area (Å²) in [5, 5.41) is 9.00. The van der Waals surface area contributed by atoms with E-state index in [0.29, 0.717) is 5.75 Å². The van der Waals surface area contributed by atoms with Gasteiger partial charge in [-0.05, 0) is 46.4 Å². The number of benzene rings is 4. The first kappa shape index (κ1) is 25.5. The highest BCUT2D eigenvalue weighted by Gasteiger charge is 2.21. The van der Waals surface area contributed by atoms with E-state index in [0.717, 1.165) is 40.1 Å². The number of carboxylic acid groups (broad SMARTS) is 1. The lowest BCUT2D eigenvalue weighted by Crippen LogP contribution is -2.09. The van der Waals surface area contributed by atoms with Gasteiger partial charge >= 0.3 is 5.97 Å². The van der Waals surface area contributed by atoms with Crippen LogP contribution < -0.4 is 4.74 Å². The number of nitrogens with one attached hydrogen (secondary N) is 1. The molecular formula is C33H31NO3. The van der Waals surface area contributed by atoms with E-state index in [1.54, 1.807) is 6.07 Å². The molecule has 2 N–H and O–H groups in total. The maximum atomic E-state index is 11.0. The van der Waals surface area contributed by atoms with Gasteiger partial charge in [0.2, 0.25) is 0 Å². The highest BCUT2D eigenvalue weighted by atomic mass is 16.5. The molecule has 37 heavy (non-hydrogen) atoms. The van der Waals surface area contributed by atoms with Gasteiger partial charge in [0.15, 0.2) is 6.61 Å². The second-order valence-electron chi connectivity index (χ2n) is 8.57. The van der Waals surface area contributed by atoms with Crippen molar-refractivity contribution in [3.63, 3.8) is 0 Å².